The molecule has 1 unspecified atom stereocenters. The lowest BCUT2D eigenvalue weighted by Gasteiger charge is -2.33. The Morgan fingerprint density at radius 3 is 2.56 bits per heavy atom. The number of hydrogen-bond acceptors (Lipinski definition) is 2. The maximum Gasteiger partial charge on any atom is 0.0731 e. The molecule has 1 nitrogen and oxygen atoms in total. The standard InChI is InChI=1S/C13H20BrNS/c1-3-13(6-4-5-7-13)11(15)10-8-9(2)12(14)16-10/h8,11H,3-7,15H2,1-2H3. The molecule has 1 fully saturated rings. The molecule has 90 valence electrons. The smallest absolute Gasteiger partial charge is 0.0731 e. The minimum Gasteiger partial charge on any atom is -0.323 e. The van der Waals surface area contributed by atoms with Crippen molar-refractivity contribution in [2.75, 3.05) is 0 Å². The van der Waals surface area contributed by atoms with Crippen molar-refractivity contribution in [1.82, 2.24) is 0 Å². The second-order valence-electron chi connectivity index (χ2n) is 5.01. The number of nitrogens with two attached hydrogens (primary N) is 1. The zero-order chi connectivity index (χ0) is 11.8. The Bertz CT molecular complexity index is 347. The molecule has 0 spiro atoms. The summed E-state index contributed by atoms with van der Waals surface area (Å²) in [7, 11) is 0. The van der Waals surface area contributed by atoms with Crippen molar-refractivity contribution in [3.63, 3.8) is 0 Å². The summed E-state index contributed by atoms with van der Waals surface area (Å²) in [6.07, 6.45) is 6.53. The molecule has 3 heteroatoms. The van der Waals surface area contributed by atoms with E-state index in [1.165, 1.54) is 46.3 Å². The summed E-state index contributed by atoms with van der Waals surface area (Å²) >= 11 is 5.41. The highest BCUT2D eigenvalue weighted by Crippen LogP contribution is 2.50. The molecule has 0 saturated heterocycles. The fourth-order valence-electron chi connectivity index (χ4n) is 2.90. The van der Waals surface area contributed by atoms with Crippen LogP contribution >= 0.6 is 27.3 Å². The zero-order valence-corrected chi connectivity index (χ0v) is 12.5. The lowest BCUT2D eigenvalue weighted by atomic mass is 9.76. The summed E-state index contributed by atoms with van der Waals surface area (Å²) in [6, 6.07) is 2.49. The minimum absolute atomic E-state index is 0.231. The van der Waals surface area contributed by atoms with Crippen molar-refractivity contribution in [1.29, 1.82) is 0 Å². The predicted molar refractivity (Wildman–Crippen MR) is 74.9 cm³/mol. The van der Waals surface area contributed by atoms with Crippen LogP contribution in [0.1, 0.15) is 55.5 Å². The molecule has 2 N–H and O–H groups in total. The molecule has 1 aromatic rings. The Morgan fingerprint density at radius 1 is 1.50 bits per heavy atom. The van der Waals surface area contributed by atoms with Crippen molar-refractivity contribution < 1.29 is 0 Å². The van der Waals surface area contributed by atoms with E-state index in [0.717, 1.165) is 0 Å². The molecule has 0 amide bonds. The van der Waals surface area contributed by atoms with Gasteiger partial charge in [-0.05, 0) is 59.2 Å². The molecule has 0 aliphatic heterocycles. The summed E-state index contributed by atoms with van der Waals surface area (Å²) in [5.74, 6) is 0. The molecule has 0 radical (unpaired) electrons. The van der Waals surface area contributed by atoms with Crippen molar-refractivity contribution in [2.45, 2.75) is 52.0 Å². The molecule has 1 atom stereocenters. The molecule has 1 aliphatic carbocycles. The minimum atomic E-state index is 0.231. The molecule has 2 rings (SSSR count). The Kier molecular flexibility index (Phi) is 3.77. The van der Waals surface area contributed by atoms with Crippen molar-refractivity contribution in [3.8, 4) is 0 Å². The first kappa shape index (κ1) is 12.6. The molecule has 1 saturated carbocycles. The van der Waals surface area contributed by atoms with Gasteiger partial charge < -0.3 is 5.73 Å². The lowest BCUT2D eigenvalue weighted by molar-refractivity contribution is 0.225. The van der Waals surface area contributed by atoms with E-state index in [1.807, 2.05) is 11.3 Å². The van der Waals surface area contributed by atoms with Crippen LogP contribution in [-0.4, -0.2) is 0 Å². The molecule has 1 heterocycles. The van der Waals surface area contributed by atoms with Gasteiger partial charge in [0.1, 0.15) is 0 Å². The third kappa shape index (κ3) is 2.09. The largest absolute Gasteiger partial charge is 0.323 e. The molecular formula is C13H20BrNS. The van der Waals surface area contributed by atoms with Gasteiger partial charge in [-0.2, -0.15) is 0 Å². The first-order valence-corrected chi connectivity index (χ1v) is 7.71. The van der Waals surface area contributed by atoms with Gasteiger partial charge in [-0.3, -0.25) is 0 Å². The summed E-state index contributed by atoms with van der Waals surface area (Å²) in [6.45, 7) is 4.44. The first-order chi connectivity index (χ1) is 7.59. The van der Waals surface area contributed by atoms with E-state index in [4.69, 9.17) is 5.73 Å². The van der Waals surface area contributed by atoms with Crippen molar-refractivity contribution in [3.05, 3.63) is 20.3 Å². The van der Waals surface area contributed by atoms with Gasteiger partial charge in [0, 0.05) is 10.9 Å². The van der Waals surface area contributed by atoms with E-state index in [1.54, 1.807) is 0 Å². The second-order valence-corrected chi connectivity index (χ2v) is 7.41. The van der Waals surface area contributed by atoms with Gasteiger partial charge >= 0.3 is 0 Å². The van der Waals surface area contributed by atoms with Gasteiger partial charge in [-0.15, -0.1) is 11.3 Å². The van der Waals surface area contributed by atoms with Crippen LogP contribution in [0.3, 0.4) is 0 Å². The molecular weight excluding hydrogens is 282 g/mol. The highest BCUT2D eigenvalue weighted by Gasteiger charge is 2.39. The van der Waals surface area contributed by atoms with Gasteiger partial charge in [-0.25, -0.2) is 0 Å². The molecule has 0 bridgehead atoms. The summed E-state index contributed by atoms with van der Waals surface area (Å²) < 4.78 is 1.24. The van der Waals surface area contributed by atoms with Gasteiger partial charge in [0.05, 0.1) is 3.79 Å². The number of halogens is 1. The number of thiophene rings is 1. The molecule has 16 heavy (non-hydrogen) atoms. The van der Waals surface area contributed by atoms with E-state index < -0.39 is 0 Å². The van der Waals surface area contributed by atoms with Crippen LogP contribution in [0.5, 0.6) is 0 Å². The topological polar surface area (TPSA) is 26.0 Å². The number of aryl methyl sites for hydroxylation is 1. The average Bonchev–Trinajstić information content (AvgIpc) is 2.87. The van der Waals surface area contributed by atoms with Gasteiger partial charge in [0.25, 0.3) is 0 Å². The van der Waals surface area contributed by atoms with Crippen LogP contribution in [-0.2, 0) is 0 Å². The number of hydrogen-bond donors (Lipinski definition) is 1. The van der Waals surface area contributed by atoms with Crippen LogP contribution in [0.2, 0.25) is 0 Å². The lowest BCUT2D eigenvalue weighted by Crippen LogP contribution is -2.31. The monoisotopic (exact) mass is 301 g/mol. The SMILES string of the molecule is CCC1(C(N)c2cc(C)c(Br)s2)CCCC1. The maximum absolute atomic E-state index is 6.52. The van der Waals surface area contributed by atoms with Gasteiger partial charge in [-0.1, -0.05) is 19.8 Å². The van der Waals surface area contributed by atoms with E-state index in [-0.39, 0.29) is 6.04 Å². The van der Waals surface area contributed by atoms with Crippen molar-refractivity contribution >= 4 is 27.3 Å². The maximum atomic E-state index is 6.52. The Morgan fingerprint density at radius 2 is 2.12 bits per heavy atom. The molecule has 1 aromatic heterocycles. The fraction of sp³-hybridized carbons (Fsp3) is 0.692. The number of rotatable bonds is 3. The van der Waals surface area contributed by atoms with Gasteiger partial charge in [0.2, 0.25) is 0 Å². The fourth-order valence-corrected chi connectivity index (χ4v) is 4.62. The predicted octanol–water partition coefficient (Wildman–Crippen LogP) is 4.79. The Balaban J connectivity index is 2.26. The quantitative estimate of drug-likeness (QED) is 0.853. The third-order valence-electron chi connectivity index (χ3n) is 4.15. The normalized spacial score (nSPS) is 21.2. The van der Waals surface area contributed by atoms with Crippen molar-refractivity contribution in [2.24, 2.45) is 11.1 Å². The summed E-state index contributed by atoms with van der Waals surface area (Å²) in [4.78, 5) is 1.35. The Hall–Kier alpha value is 0.140. The van der Waals surface area contributed by atoms with Gasteiger partial charge in [0.15, 0.2) is 0 Å². The van der Waals surface area contributed by atoms with E-state index in [0.29, 0.717) is 5.41 Å². The highest BCUT2D eigenvalue weighted by molar-refractivity contribution is 9.11. The summed E-state index contributed by atoms with van der Waals surface area (Å²) in [5.41, 5.74) is 8.21. The van der Waals surface area contributed by atoms with Crippen LogP contribution in [0.25, 0.3) is 0 Å². The molecule has 1 aliphatic rings. The van der Waals surface area contributed by atoms with E-state index in [9.17, 15) is 0 Å². The third-order valence-corrected chi connectivity index (χ3v) is 6.37. The average molecular weight is 302 g/mol. The summed E-state index contributed by atoms with van der Waals surface area (Å²) in [5, 5.41) is 0. The van der Waals surface area contributed by atoms with Crippen LogP contribution in [0, 0.1) is 12.3 Å². The van der Waals surface area contributed by atoms with Crippen LogP contribution in [0.4, 0.5) is 0 Å². The van der Waals surface area contributed by atoms with E-state index >= 15 is 0 Å². The Labute approximate surface area is 111 Å². The van der Waals surface area contributed by atoms with E-state index in [2.05, 4.69) is 35.8 Å². The zero-order valence-electron chi connectivity index (χ0n) is 10.1. The van der Waals surface area contributed by atoms with Crippen LogP contribution in [0.15, 0.2) is 9.85 Å². The van der Waals surface area contributed by atoms with Crippen LogP contribution < -0.4 is 5.73 Å². The molecule has 0 aromatic carbocycles. The second kappa shape index (κ2) is 4.79. The first-order valence-electron chi connectivity index (χ1n) is 6.10. The highest BCUT2D eigenvalue weighted by atomic mass is 79.9.